The fraction of sp³-hybridized carbons (Fsp3) is 0.0645. The van der Waals surface area contributed by atoms with Crippen LogP contribution < -0.4 is 9.80 Å². The molecule has 0 radical (unpaired) electrons. The molecule has 0 aromatic heterocycles. The minimum absolute atomic E-state index is 1.03. The first-order chi connectivity index (χ1) is 31.7. The highest BCUT2D eigenvalue weighted by Crippen LogP contribution is 2.48. The van der Waals surface area contributed by atoms with Gasteiger partial charge in [-0.05, 0) is 186 Å². The molecule has 0 spiro atoms. The van der Waals surface area contributed by atoms with Gasteiger partial charge in [-0.2, -0.15) is 0 Å². The number of anilines is 6. The van der Waals surface area contributed by atoms with E-state index in [0.717, 1.165) is 42.7 Å². The molecule has 0 atom stereocenters. The Bertz CT molecular complexity index is 3430. The predicted octanol–water partition coefficient (Wildman–Crippen LogP) is 16.8. The van der Waals surface area contributed by atoms with Crippen molar-refractivity contribution in [1.82, 2.24) is 0 Å². The van der Waals surface area contributed by atoms with Gasteiger partial charge in [0.05, 0.1) is 0 Å². The molecule has 2 aliphatic rings. The van der Waals surface area contributed by atoms with Gasteiger partial charge in [0.25, 0.3) is 0 Å². The molecule has 2 nitrogen and oxygen atoms in total. The normalized spacial score (nSPS) is 12.8. The third-order valence-electron chi connectivity index (χ3n) is 13.8. The molecular formula is C62H44N2. The van der Waals surface area contributed by atoms with Crippen molar-refractivity contribution in [2.75, 3.05) is 9.80 Å². The van der Waals surface area contributed by atoms with Gasteiger partial charge in [-0.1, -0.05) is 146 Å². The maximum Gasteiger partial charge on any atom is 0.0468 e. The number of hydrogen-bond acceptors (Lipinski definition) is 2. The van der Waals surface area contributed by atoms with Gasteiger partial charge in [-0.3, -0.25) is 0 Å². The van der Waals surface area contributed by atoms with Gasteiger partial charge in [-0.15, -0.1) is 0 Å². The molecule has 11 aromatic carbocycles. The standard InChI is InChI=1S/C62H44N2/c1-5-13-46-35-56(29-23-41(46)9-1)63(57-30-24-42-10-2-6-14-47(42)36-57)55-27-21-45(22-28-55)54-33-50-17-19-52-39-60(40-53-20-18-51(34-54)61(50)62(52)53)64(58-31-25-43-11-3-7-15-48(43)37-58)59-32-26-44-12-4-8-16-49(44)38-59/h1-16,21-40H,17-20H2. The highest BCUT2D eigenvalue weighted by Gasteiger charge is 2.29. The molecule has 13 rings (SSSR count). The molecule has 2 aliphatic carbocycles. The van der Waals surface area contributed by atoms with Crippen LogP contribution in [0.1, 0.15) is 22.3 Å². The van der Waals surface area contributed by atoms with Crippen molar-refractivity contribution in [1.29, 1.82) is 0 Å². The minimum atomic E-state index is 1.03. The van der Waals surface area contributed by atoms with Crippen LogP contribution in [-0.4, -0.2) is 0 Å². The van der Waals surface area contributed by atoms with E-state index in [4.69, 9.17) is 0 Å². The number of fused-ring (bicyclic) bond motifs is 4. The van der Waals surface area contributed by atoms with Crippen LogP contribution in [0.4, 0.5) is 34.1 Å². The fourth-order valence-electron chi connectivity index (χ4n) is 10.7. The summed E-state index contributed by atoms with van der Waals surface area (Å²) >= 11 is 0. The summed E-state index contributed by atoms with van der Waals surface area (Å²) in [6, 6.07) is 81.2. The second-order valence-electron chi connectivity index (χ2n) is 17.7. The molecule has 0 fully saturated rings. The lowest BCUT2D eigenvalue weighted by atomic mass is 9.74. The summed E-state index contributed by atoms with van der Waals surface area (Å²) in [6.07, 6.45) is 4.13. The van der Waals surface area contributed by atoms with E-state index in [9.17, 15) is 0 Å². The minimum Gasteiger partial charge on any atom is -0.310 e. The molecule has 11 aromatic rings. The first kappa shape index (κ1) is 36.7. The molecule has 0 aliphatic heterocycles. The number of aryl methyl sites for hydroxylation is 4. The van der Waals surface area contributed by atoms with Crippen LogP contribution in [0.2, 0.25) is 0 Å². The van der Waals surface area contributed by atoms with Crippen LogP contribution in [0.15, 0.2) is 218 Å². The fourth-order valence-corrected chi connectivity index (χ4v) is 10.7. The van der Waals surface area contributed by atoms with E-state index < -0.39 is 0 Å². The van der Waals surface area contributed by atoms with Crippen molar-refractivity contribution >= 4 is 77.2 Å². The largest absolute Gasteiger partial charge is 0.310 e. The summed E-state index contributed by atoms with van der Waals surface area (Å²) < 4.78 is 0. The van der Waals surface area contributed by atoms with Crippen molar-refractivity contribution in [3.05, 3.63) is 241 Å². The highest BCUT2D eigenvalue weighted by molar-refractivity contribution is 5.96. The zero-order valence-corrected chi connectivity index (χ0v) is 35.5. The Hall–Kier alpha value is -7.94. The van der Waals surface area contributed by atoms with Crippen molar-refractivity contribution in [3.8, 4) is 22.3 Å². The topological polar surface area (TPSA) is 6.48 Å². The molecular weight excluding hydrogens is 773 g/mol. The maximum absolute atomic E-state index is 2.49. The lowest BCUT2D eigenvalue weighted by molar-refractivity contribution is 0.876. The molecule has 0 unspecified atom stereocenters. The van der Waals surface area contributed by atoms with Gasteiger partial charge in [0.15, 0.2) is 0 Å². The first-order valence-corrected chi connectivity index (χ1v) is 22.6. The molecule has 0 amide bonds. The summed E-state index contributed by atoms with van der Waals surface area (Å²) in [5, 5.41) is 9.98. The second-order valence-corrected chi connectivity index (χ2v) is 17.7. The van der Waals surface area contributed by atoms with Crippen molar-refractivity contribution in [3.63, 3.8) is 0 Å². The van der Waals surface area contributed by atoms with E-state index in [0.29, 0.717) is 0 Å². The SMILES string of the molecule is c1ccc2cc(N(c3ccc(-c4cc5c6c(c4)CCc4cc(N(c7ccc8ccccc8c7)c7ccc8ccccc8c7)cc(c4-6)CC5)cc3)c3ccc4ccccc4c3)ccc2c1. The molecule has 0 N–H and O–H groups in total. The van der Waals surface area contributed by atoms with E-state index in [1.54, 1.807) is 0 Å². The van der Waals surface area contributed by atoms with Crippen molar-refractivity contribution < 1.29 is 0 Å². The quantitative estimate of drug-likeness (QED) is 0.158. The molecule has 64 heavy (non-hydrogen) atoms. The van der Waals surface area contributed by atoms with E-state index in [1.165, 1.54) is 105 Å². The van der Waals surface area contributed by atoms with Crippen LogP contribution in [0.25, 0.3) is 65.3 Å². The van der Waals surface area contributed by atoms with Crippen LogP contribution in [0.5, 0.6) is 0 Å². The summed E-state index contributed by atoms with van der Waals surface area (Å²) in [5.74, 6) is 0. The maximum atomic E-state index is 2.49. The number of rotatable bonds is 7. The van der Waals surface area contributed by atoms with Crippen molar-refractivity contribution in [2.24, 2.45) is 0 Å². The monoisotopic (exact) mass is 816 g/mol. The molecule has 302 valence electrons. The average molecular weight is 817 g/mol. The lowest BCUT2D eigenvalue weighted by Gasteiger charge is -2.33. The summed E-state index contributed by atoms with van der Waals surface area (Å²) in [6.45, 7) is 0. The van der Waals surface area contributed by atoms with Gasteiger partial charge in [-0.25, -0.2) is 0 Å². The van der Waals surface area contributed by atoms with Gasteiger partial charge in [0.2, 0.25) is 0 Å². The van der Waals surface area contributed by atoms with Crippen LogP contribution in [0.3, 0.4) is 0 Å². The number of nitrogens with zero attached hydrogens (tertiary/aromatic N) is 2. The average Bonchev–Trinajstić information content (AvgIpc) is 3.35. The number of hydrogen-bond donors (Lipinski definition) is 0. The Morgan fingerprint density at radius 3 is 0.875 bits per heavy atom. The Morgan fingerprint density at radius 2 is 0.516 bits per heavy atom. The first-order valence-electron chi connectivity index (χ1n) is 22.6. The molecule has 0 bridgehead atoms. The summed E-state index contributed by atoms with van der Waals surface area (Å²) in [5.41, 5.74) is 18.5. The van der Waals surface area contributed by atoms with Crippen LogP contribution in [0, 0.1) is 0 Å². The van der Waals surface area contributed by atoms with Gasteiger partial charge >= 0.3 is 0 Å². The molecule has 0 saturated heterocycles. The van der Waals surface area contributed by atoms with Gasteiger partial charge in [0, 0.05) is 34.1 Å². The summed E-state index contributed by atoms with van der Waals surface area (Å²) in [7, 11) is 0. The highest BCUT2D eigenvalue weighted by atomic mass is 15.1. The Kier molecular flexibility index (Phi) is 8.52. The van der Waals surface area contributed by atoms with E-state index in [2.05, 4.69) is 228 Å². The van der Waals surface area contributed by atoms with Crippen molar-refractivity contribution in [2.45, 2.75) is 25.7 Å². The third kappa shape index (κ3) is 6.25. The zero-order chi connectivity index (χ0) is 42.1. The molecule has 2 heteroatoms. The zero-order valence-electron chi connectivity index (χ0n) is 35.5. The lowest BCUT2D eigenvalue weighted by Crippen LogP contribution is -2.17. The smallest absolute Gasteiger partial charge is 0.0468 e. The Morgan fingerprint density at radius 1 is 0.219 bits per heavy atom. The van der Waals surface area contributed by atoms with Crippen LogP contribution in [-0.2, 0) is 25.7 Å². The van der Waals surface area contributed by atoms with E-state index >= 15 is 0 Å². The van der Waals surface area contributed by atoms with Gasteiger partial charge in [0.1, 0.15) is 0 Å². The molecule has 0 heterocycles. The van der Waals surface area contributed by atoms with E-state index in [-0.39, 0.29) is 0 Å². The summed E-state index contributed by atoms with van der Waals surface area (Å²) in [4.78, 5) is 4.88. The predicted molar refractivity (Wildman–Crippen MR) is 272 cm³/mol. The third-order valence-corrected chi connectivity index (χ3v) is 13.8. The van der Waals surface area contributed by atoms with Crippen LogP contribution >= 0.6 is 0 Å². The van der Waals surface area contributed by atoms with Gasteiger partial charge < -0.3 is 9.80 Å². The number of benzene rings is 11. The Balaban J connectivity index is 0.872. The molecule has 0 saturated carbocycles. The Labute approximate surface area is 373 Å². The van der Waals surface area contributed by atoms with E-state index in [1.807, 2.05) is 0 Å². The second kappa shape index (κ2) is 14.9.